The van der Waals surface area contributed by atoms with E-state index in [4.69, 9.17) is 9.47 Å². The summed E-state index contributed by atoms with van der Waals surface area (Å²) < 4.78 is 10.2. The van der Waals surface area contributed by atoms with E-state index in [1.807, 2.05) is 0 Å². The maximum absolute atomic E-state index is 11.4. The van der Waals surface area contributed by atoms with Gasteiger partial charge in [-0.1, -0.05) is 19.2 Å². The molecule has 15 heavy (non-hydrogen) atoms. The summed E-state index contributed by atoms with van der Waals surface area (Å²) in [6, 6.07) is 0. The van der Waals surface area contributed by atoms with E-state index in [0.29, 0.717) is 6.61 Å². The first-order valence-corrected chi connectivity index (χ1v) is 4.66. The number of carbonyl (C=O) groups is 1. The Kier molecular flexibility index (Phi) is 5.64. The van der Waals surface area contributed by atoms with Crippen LogP contribution in [-0.4, -0.2) is 24.8 Å². The van der Waals surface area contributed by atoms with E-state index in [1.54, 1.807) is 26.0 Å². The molecular weight excluding hydrogens is 192 g/mol. The first-order chi connectivity index (χ1) is 6.93. The van der Waals surface area contributed by atoms with E-state index >= 15 is 0 Å². The molecule has 0 aromatic carbocycles. The topological polar surface area (TPSA) is 35.5 Å². The molecule has 0 unspecified atom stereocenters. The molecule has 3 nitrogen and oxygen atoms in total. The fourth-order valence-electron chi connectivity index (χ4n) is 0.677. The molecule has 0 fully saturated rings. The van der Waals surface area contributed by atoms with E-state index in [9.17, 15) is 4.79 Å². The molecule has 0 rings (SSSR count). The molecule has 0 aromatic heterocycles. The van der Waals surface area contributed by atoms with Crippen LogP contribution in [0.5, 0.6) is 0 Å². The molecule has 0 atom stereocenters. The molecule has 0 aliphatic heterocycles. The van der Waals surface area contributed by atoms with Crippen molar-refractivity contribution in [1.82, 2.24) is 0 Å². The molecule has 0 aromatic rings. The average molecular weight is 210 g/mol. The van der Waals surface area contributed by atoms with Crippen LogP contribution in [0.1, 0.15) is 13.8 Å². The van der Waals surface area contributed by atoms with Crippen molar-refractivity contribution < 1.29 is 14.3 Å². The minimum Gasteiger partial charge on any atom is -0.452 e. The summed E-state index contributed by atoms with van der Waals surface area (Å²) in [6.07, 6.45) is 3.16. The number of hydrogen-bond donors (Lipinski definition) is 0. The highest BCUT2D eigenvalue weighted by Gasteiger charge is 2.20. The molecule has 0 radical (unpaired) electrons. The van der Waals surface area contributed by atoms with Crippen LogP contribution in [0.2, 0.25) is 0 Å². The lowest BCUT2D eigenvalue weighted by Crippen LogP contribution is -2.27. The summed E-state index contributed by atoms with van der Waals surface area (Å²) in [5.74, 6) is -0.469. The van der Waals surface area contributed by atoms with Gasteiger partial charge in [-0.15, -0.1) is 6.58 Å². The summed E-state index contributed by atoms with van der Waals surface area (Å²) >= 11 is 0. The molecule has 3 heteroatoms. The van der Waals surface area contributed by atoms with Gasteiger partial charge in [-0.25, -0.2) is 4.79 Å². The second-order valence-corrected chi connectivity index (χ2v) is 3.60. The Morgan fingerprint density at radius 1 is 1.40 bits per heavy atom. The van der Waals surface area contributed by atoms with Gasteiger partial charge >= 0.3 is 5.97 Å². The van der Waals surface area contributed by atoms with Crippen molar-refractivity contribution in [1.29, 1.82) is 0 Å². The Morgan fingerprint density at radius 3 is 2.47 bits per heavy atom. The van der Waals surface area contributed by atoms with Crippen LogP contribution in [0.3, 0.4) is 0 Å². The van der Waals surface area contributed by atoms with Gasteiger partial charge in [0.25, 0.3) is 0 Å². The zero-order chi connectivity index (χ0) is 11.9. The quantitative estimate of drug-likeness (QED) is 0.280. The monoisotopic (exact) mass is 210 g/mol. The lowest BCUT2D eigenvalue weighted by Gasteiger charge is -2.21. The zero-order valence-corrected chi connectivity index (χ0v) is 9.41. The van der Waals surface area contributed by atoms with E-state index in [0.717, 1.165) is 0 Å². The van der Waals surface area contributed by atoms with E-state index in [1.165, 1.54) is 0 Å². The van der Waals surface area contributed by atoms with Crippen LogP contribution < -0.4 is 0 Å². The molecule has 0 aliphatic carbocycles. The van der Waals surface area contributed by atoms with E-state index < -0.39 is 11.6 Å². The Labute approximate surface area is 91.1 Å². The first kappa shape index (κ1) is 13.7. The summed E-state index contributed by atoms with van der Waals surface area (Å²) in [5.41, 5.74) is -0.398. The van der Waals surface area contributed by atoms with Crippen LogP contribution in [-0.2, 0) is 14.3 Å². The molecule has 0 saturated heterocycles. The van der Waals surface area contributed by atoms with Gasteiger partial charge in [0.05, 0.1) is 18.8 Å². The summed E-state index contributed by atoms with van der Waals surface area (Å²) in [4.78, 5) is 11.4. The van der Waals surface area contributed by atoms with Gasteiger partial charge in [0.2, 0.25) is 0 Å². The van der Waals surface area contributed by atoms with Gasteiger partial charge in [0.15, 0.2) is 0 Å². The van der Waals surface area contributed by atoms with Crippen LogP contribution in [0.25, 0.3) is 0 Å². The minimum absolute atomic E-state index is 0.151. The highest BCUT2D eigenvalue weighted by Crippen LogP contribution is 2.12. The Balaban J connectivity index is 4.05. The number of hydrogen-bond acceptors (Lipinski definition) is 3. The second kappa shape index (κ2) is 6.19. The third kappa shape index (κ3) is 5.86. The molecule has 0 aliphatic rings. The minimum atomic E-state index is -0.682. The summed E-state index contributed by atoms with van der Waals surface area (Å²) in [5, 5.41) is 0. The fraction of sp³-hybridized carbons (Fsp3) is 0.417. The van der Waals surface area contributed by atoms with Crippen molar-refractivity contribution in [3.8, 4) is 0 Å². The summed E-state index contributed by atoms with van der Waals surface area (Å²) in [7, 11) is 0. The van der Waals surface area contributed by atoms with Crippen molar-refractivity contribution in [2.24, 2.45) is 0 Å². The van der Waals surface area contributed by atoms with Gasteiger partial charge in [-0.3, -0.25) is 0 Å². The average Bonchev–Trinajstić information content (AvgIpc) is 2.17. The predicted octanol–water partition coefficient (Wildman–Crippen LogP) is 2.25. The summed E-state index contributed by atoms with van der Waals surface area (Å²) in [6.45, 7) is 14.7. The predicted molar refractivity (Wildman–Crippen MR) is 60.5 cm³/mol. The number of rotatable bonds is 7. The standard InChI is InChI=1S/C12H18O3/c1-6-8-14-9-10(3)11(13)15-12(4,5)7-2/h6-7H,1-3,8-9H2,4-5H3. The molecule has 0 heterocycles. The molecule has 84 valence electrons. The van der Waals surface area contributed by atoms with Crippen molar-refractivity contribution in [3.05, 3.63) is 37.5 Å². The van der Waals surface area contributed by atoms with Crippen LogP contribution in [0.4, 0.5) is 0 Å². The normalized spacial score (nSPS) is 10.5. The molecule has 0 spiro atoms. The van der Waals surface area contributed by atoms with Crippen molar-refractivity contribution in [2.75, 3.05) is 13.2 Å². The van der Waals surface area contributed by atoms with Crippen LogP contribution >= 0.6 is 0 Å². The first-order valence-electron chi connectivity index (χ1n) is 4.66. The van der Waals surface area contributed by atoms with Gasteiger partial charge in [0.1, 0.15) is 5.60 Å². The van der Waals surface area contributed by atoms with E-state index in [-0.39, 0.29) is 12.2 Å². The van der Waals surface area contributed by atoms with Crippen molar-refractivity contribution in [2.45, 2.75) is 19.4 Å². The Hall–Kier alpha value is -1.35. The van der Waals surface area contributed by atoms with Crippen molar-refractivity contribution in [3.63, 3.8) is 0 Å². The maximum atomic E-state index is 11.4. The van der Waals surface area contributed by atoms with E-state index in [2.05, 4.69) is 19.7 Å². The van der Waals surface area contributed by atoms with Crippen LogP contribution in [0, 0.1) is 0 Å². The van der Waals surface area contributed by atoms with Crippen LogP contribution in [0.15, 0.2) is 37.5 Å². The van der Waals surface area contributed by atoms with Gasteiger partial charge in [-0.05, 0) is 19.9 Å². The highest BCUT2D eigenvalue weighted by molar-refractivity contribution is 5.88. The second-order valence-electron chi connectivity index (χ2n) is 3.60. The maximum Gasteiger partial charge on any atom is 0.336 e. The largest absolute Gasteiger partial charge is 0.452 e. The third-order valence-electron chi connectivity index (χ3n) is 1.65. The Morgan fingerprint density at radius 2 is 2.00 bits per heavy atom. The highest BCUT2D eigenvalue weighted by atomic mass is 16.6. The molecule has 0 amide bonds. The molecule has 0 bridgehead atoms. The zero-order valence-electron chi connectivity index (χ0n) is 9.41. The van der Waals surface area contributed by atoms with Gasteiger partial charge in [-0.2, -0.15) is 0 Å². The molecular formula is C12H18O3. The lowest BCUT2D eigenvalue weighted by atomic mass is 10.1. The SMILES string of the molecule is C=CCOCC(=C)C(=O)OC(C)(C)C=C. The smallest absolute Gasteiger partial charge is 0.336 e. The molecule has 0 N–H and O–H groups in total. The van der Waals surface area contributed by atoms with Gasteiger partial charge < -0.3 is 9.47 Å². The molecule has 0 saturated carbocycles. The number of esters is 1. The lowest BCUT2D eigenvalue weighted by molar-refractivity contribution is -0.148. The van der Waals surface area contributed by atoms with Gasteiger partial charge in [0, 0.05) is 0 Å². The number of carbonyl (C=O) groups excluding carboxylic acids is 1. The number of ether oxygens (including phenoxy) is 2. The van der Waals surface area contributed by atoms with Crippen molar-refractivity contribution >= 4 is 5.97 Å². The Bertz CT molecular complexity index is 264. The third-order valence-corrected chi connectivity index (χ3v) is 1.65. The fourth-order valence-corrected chi connectivity index (χ4v) is 0.677.